The monoisotopic (exact) mass is 321 g/mol. The minimum Gasteiger partial charge on any atom is -0.323 e. The van der Waals surface area contributed by atoms with E-state index in [1.807, 2.05) is 42.0 Å². The Hall–Kier alpha value is -1.59. The summed E-state index contributed by atoms with van der Waals surface area (Å²) in [4.78, 5) is 20.1. The van der Waals surface area contributed by atoms with E-state index in [9.17, 15) is 4.79 Å². The van der Waals surface area contributed by atoms with Crippen molar-refractivity contribution in [2.24, 2.45) is 4.99 Å². The van der Waals surface area contributed by atoms with E-state index in [0.717, 1.165) is 36.5 Å². The zero-order valence-electron chi connectivity index (χ0n) is 11.8. The number of aryl methyl sites for hydroxylation is 1. The fraction of sp³-hybridized carbons (Fsp3) is 0.333. The number of likely N-dealkylation sites (tertiary alicyclic amines) is 1. The van der Waals surface area contributed by atoms with Crippen LogP contribution in [-0.2, 0) is 0 Å². The van der Waals surface area contributed by atoms with Crippen LogP contribution in [0.4, 0.5) is 4.79 Å². The Bertz CT molecular complexity index is 729. The van der Waals surface area contributed by atoms with Crippen molar-refractivity contribution in [2.75, 3.05) is 13.1 Å². The number of nitrogens with zero attached hydrogens (tertiary/aromatic N) is 3. The molecule has 21 heavy (non-hydrogen) atoms. The Morgan fingerprint density at radius 2 is 2.10 bits per heavy atom. The highest BCUT2D eigenvalue weighted by atomic mass is 35.5. The smallest absolute Gasteiger partial charge is 0.323 e. The summed E-state index contributed by atoms with van der Waals surface area (Å²) in [5.74, 6) is 0. The maximum Gasteiger partial charge on any atom is 0.346 e. The third kappa shape index (κ3) is 3.19. The number of amides is 2. The lowest BCUT2D eigenvalue weighted by Gasteiger charge is -2.10. The summed E-state index contributed by atoms with van der Waals surface area (Å²) in [6, 6.07) is 7.40. The molecule has 110 valence electrons. The first-order chi connectivity index (χ1) is 10.1. The van der Waals surface area contributed by atoms with Gasteiger partial charge in [-0.1, -0.05) is 17.7 Å². The zero-order valence-corrected chi connectivity index (χ0v) is 13.3. The fourth-order valence-corrected chi connectivity index (χ4v) is 3.42. The second-order valence-electron chi connectivity index (χ2n) is 5.06. The molecule has 0 saturated carbocycles. The number of hydrogen-bond donors (Lipinski definition) is 0. The molecule has 0 atom stereocenters. The summed E-state index contributed by atoms with van der Waals surface area (Å²) >= 11 is 7.56. The molecule has 1 aliphatic heterocycles. The molecule has 4 nitrogen and oxygen atoms in total. The topological polar surface area (TPSA) is 37.6 Å². The van der Waals surface area contributed by atoms with Crippen molar-refractivity contribution in [1.29, 1.82) is 0 Å². The molecule has 0 spiro atoms. The molecule has 1 fully saturated rings. The van der Waals surface area contributed by atoms with Crippen molar-refractivity contribution in [3.63, 3.8) is 0 Å². The maximum atomic E-state index is 12.2. The number of thiazole rings is 1. The van der Waals surface area contributed by atoms with Crippen LogP contribution in [0.25, 0.3) is 5.69 Å². The van der Waals surface area contributed by atoms with E-state index < -0.39 is 0 Å². The third-order valence-corrected chi connectivity index (χ3v) is 4.56. The van der Waals surface area contributed by atoms with Crippen LogP contribution in [0.15, 0.2) is 35.5 Å². The molecular weight excluding hydrogens is 306 g/mol. The number of urea groups is 1. The van der Waals surface area contributed by atoms with Crippen LogP contribution in [0, 0.1) is 6.92 Å². The molecule has 2 amide bonds. The minimum absolute atomic E-state index is 0.148. The normalized spacial score (nSPS) is 15.7. The molecule has 1 saturated heterocycles. The highest BCUT2D eigenvalue weighted by Crippen LogP contribution is 2.16. The molecule has 0 N–H and O–H groups in total. The summed E-state index contributed by atoms with van der Waals surface area (Å²) < 4.78 is 1.92. The lowest BCUT2D eigenvalue weighted by Crippen LogP contribution is -2.27. The van der Waals surface area contributed by atoms with E-state index in [4.69, 9.17) is 11.6 Å². The number of hydrogen-bond acceptors (Lipinski definition) is 2. The molecule has 1 aromatic carbocycles. The number of benzene rings is 1. The van der Waals surface area contributed by atoms with Crippen molar-refractivity contribution in [2.45, 2.75) is 19.8 Å². The molecule has 0 aliphatic carbocycles. The van der Waals surface area contributed by atoms with Crippen LogP contribution >= 0.6 is 22.9 Å². The van der Waals surface area contributed by atoms with E-state index in [1.54, 1.807) is 4.90 Å². The SMILES string of the molecule is Cc1cn(-c2cccc(Cl)c2)c(=NC(=O)N2CCCC2)s1. The predicted molar refractivity (Wildman–Crippen MR) is 85.2 cm³/mol. The number of rotatable bonds is 1. The molecule has 0 radical (unpaired) electrons. The summed E-state index contributed by atoms with van der Waals surface area (Å²) in [7, 11) is 0. The van der Waals surface area contributed by atoms with Crippen molar-refractivity contribution in [3.05, 3.63) is 45.2 Å². The number of carbonyl (C=O) groups excluding carboxylic acids is 1. The van der Waals surface area contributed by atoms with Gasteiger partial charge in [-0.15, -0.1) is 11.3 Å². The van der Waals surface area contributed by atoms with Crippen molar-refractivity contribution in [1.82, 2.24) is 9.47 Å². The molecule has 2 heterocycles. The van der Waals surface area contributed by atoms with Gasteiger partial charge in [-0.25, -0.2) is 4.79 Å². The van der Waals surface area contributed by atoms with Crippen LogP contribution in [0.5, 0.6) is 0 Å². The van der Waals surface area contributed by atoms with E-state index >= 15 is 0 Å². The Kier molecular flexibility index (Phi) is 4.12. The zero-order chi connectivity index (χ0) is 14.8. The Labute approximate surface area is 132 Å². The highest BCUT2D eigenvalue weighted by molar-refractivity contribution is 7.09. The molecule has 1 aliphatic rings. The Balaban J connectivity index is 2.01. The highest BCUT2D eigenvalue weighted by Gasteiger charge is 2.17. The van der Waals surface area contributed by atoms with Gasteiger partial charge in [0.25, 0.3) is 0 Å². The van der Waals surface area contributed by atoms with Gasteiger partial charge in [0.2, 0.25) is 0 Å². The van der Waals surface area contributed by atoms with Crippen molar-refractivity contribution >= 4 is 29.0 Å². The summed E-state index contributed by atoms with van der Waals surface area (Å²) in [5, 5.41) is 0.667. The van der Waals surface area contributed by atoms with Crippen molar-refractivity contribution < 1.29 is 4.79 Å². The number of carbonyl (C=O) groups is 1. The molecule has 6 heteroatoms. The molecule has 1 aromatic heterocycles. The van der Waals surface area contributed by atoms with Gasteiger partial charge in [-0.3, -0.25) is 4.57 Å². The standard InChI is InChI=1S/C15H16ClN3OS/c1-11-10-19(13-6-4-5-12(16)9-13)15(21-11)17-14(20)18-7-2-3-8-18/h4-6,9-10H,2-3,7-8H2,1H3. The van der Waals surface area contributed by atoms with E-state index in [-0.39, 0.29) is 6.03 Å². The first-order valence-corrected chi connectivity index (χ1v) is 8.11. The molecular formula is C15H16ClN3OS. The van der Waals surface area contributed by atoms with Crippen LogP contribution in [0.1, 0.15) is 17.7 Å². The Morgan fingerprint density at radius 1 is 1.33 bits per heavy atom. The molecule has 0 unspecified atom stereocenters. The van der Waals surface area contributed by atoms with Gasteiger partial charge >= 0.3 is 6.03 Å². The quantitative estimate of drug-likeness (QED) is 0.790. The largest absolute Gasteiger partial charge is 0.346 e. The van der Waals surface area contributed by atoms with Gasteiger partial charge in [-0.05, 0) is 38.0 Å². The van der Waals surface area contributed by atoms with Gasteiger partial charge in [-0.2, -0.15) is 4.99 Å². The van der Waals surface area contributed by atoms with Gasteiger partial charge in [0.1, 0.15) is 0 Å². The van der Waals surface area contributed by atoms with E-state index in [1.165, 1.54) is 11.3 Å². The second-order valence-corrected chi connectivity index (χ2v) is 6.71. The molecule has 2 aromatic rings. The van der Waals surface area contributed by atoms with Gasteiger partial charge in [0, 0.05) is 34.9 Å². The average molecular weight is 322 g/mol. The van der Waals surface area contributed by atoms with Gasteiger partial charge in [0.15, 0.2) is 4.80 Å². The summed E-state index contributed by atoms with van der Waals surface area (Å²) in [6.45, 7) is 3.62. The van der Waals surface area contributed by atoms with Crippen LogP contribution in [0.3, 0.4) is 0 Å². The van der Waals surface area contributed by atoms with Crippen LogP contribution in [-0.4, -0.2) is 28.6 Å². The Morgan fingerprint density at radius 3 is 2.81 bits per heavy atom. The number of halogens is 1. The second kappa shape index (κ2) is 6.03. The fourth-order valence-electron chi connectivity index (χ4n) is 2.41. The third-order valence-electron chi connectivity index (χ3n) is 3.42. The van der Waals surface area contributed by atoms with Gasteiger partial charge in [0.05, 0.1) is 0 Å². The predicted octanol–water partition coefficient (Wildman–Crippen LogP) is 3.62. The maximum absolute atomic E-state index is 12.2. The number of aromatic nitrogens is 1. The van der Waals surface area contributed by atoms with Crippen LogP contribution < -0.4 is 4.80 Å². The summed E-state index contributed by atoms with van der Waals surface area (Å²) in [6.07, 6.45) is 4.12. The van der Waals surface area contributed by atoms with Gasteiger partial charge < -0.3 is 4.90 Å². The first kappa shape index (κ1) is 14.4. The van der Waals surface area contributed by atoms with Crippen molar-refractivity contribution in [3.8, 4) is 5.69 Å². The van der Waals surface area contributed by atoms with Crippen LogP contribution in [0.2, 0.25) is 5.02 Å². The molecule has 3 rings (SSSR count). The van der Waals surface area contributed by atoms with E-state index in [0.29, 0.717) is 9.82 Å². The lowest BCUT2D eigenvalue weighted by atomic mass is 10.3. The first-order valence-electron chi connectivity index (χ1n) is 6.92. The summed E-state index contributed by atoms with van der Waals surface area (Å²) in [5.41, 5.74) is 0.917. The minimum atomic E-state index is -0.148. The lowest BCUT2D eigenvalue weighted by molar-refractivity contribution is 0.218. The molecule has 0 bridgehead atoms. The van der Waals surface area contributed by atoms with E-state index in [2.05, 4.69) is 4.99 Å². The average Bonchev–Trinajstić information content (AvgIpc) is 3.08.